The first kappa shape index (κ1) is 10.1. The molecule has 0 saturated heterocycles. The van der Waals surface area contributed by atoms with Gasteiger partial charge in [-0.1, -0.05) is 0 Å². The number of rotatable bonds is 5. The van der Waals surface area contributed by atoms with Gasteiger partial charge in [0.1, 0.15) is 16.3 Å². The van der Waals surface area contributed by atoms with E-state index < -0.39 is 5.79 Å². The maximum atomic E-state index is 5.34. The highest BCUT2D eigenvalue weighted by Gasteiger charge is 2.09. The summed E-state index contributed by atoms with van der Waals surface area (Å²) in [6.07, 6.45) is 2.58. The van der Waals surface area contributed by atoms with E-state index in [2.05, 4.69) is 0 Å². The van der Waals surface area contributed by atoms with Gasteiger partial charge in [0.2, 0.25) is 0 Å². The zero-order valence-corrected chi connectivity index (χ0v) is 8.47. The fourth-order valence-corrected chi connectivity index (χ4v) is 0.966. The minimum Gasteiger partial charge on any atom is -0.428 e. The molecule has 0 rings (SSSR count). The molecule has 0 aliphatic rings. The van der Waals surface area contributed by atoms with E-state index in [1.807, 2.05) is 0 Å². The first-order chi connectivity index (χ1) is 4.56. The third-order valence-corrected chi connectivity index (χ3v) is 1.62. The molecule has 0 fully saturated rings. The Hall–Kier alpha value is 0.0569. The van der Waals surface area contributed by atoms with Crippen LogP contribution in [0, 0.1) is 0 Å². The molecule has 6 N–H and O–H groups in total. The van der Waals surface area contributed by atoms with Gasteiger partial charge in [-0.2, -0.15) is 0 Å². The molecule has 0 aliphatic carbocycles. The molecular formula is C5H17N3OSi. The Morgan fingerprint density at radius 3 is 2.20 bits per heavy atom. The summed E-state index contributed by atoms with van der Waals surface area (Å²) < 4.78 is 4.97. The van der Waals surface area contributed by atoms with Crippen LogP contribution in [0.15, 0.2) is 0 Å². The Labute approximate surface area is 64.6 Å². The lowest BCUT2D eigenvalue weighted by molar-refractivity contribution is 0.317. The highest BCUT2D eigenvalue weighted by molar-refractivity contribution is 5.97. The van der Waals surface area contributed by atoms with Crippen LogP contribution in [0.5, 0.6) is 0 Å². The standard InChI is InChI=1S/C5H17N3OSi/c6-5(7,8)3-1-2-4-9-10/h1-4,6-8H2,10H3. The molecule has 0 atom stereocenters. The summed E-state index contributed by atoms with van der Waals surface area (Å²) in [5, 5.41) is 0. The molecular weight excluding hydrogens is 146 g/mol. The zero-order valence-electron chi connectivity index (χ0n) is 6.47. The highest BCUT2D eigenvalue weighted by Crippen LogP contribution is 1.99. The Morgan fingerprint density at radius 1 is 1.20 bits per heavy atom. The van der Waals surface area contributed by atoms with Crippen molar-refractivity contribution in [2.24, 2.45) is 17.2 Å². The smallest absolute Gasteiger partial charge is 0.145 e. The van der Waals surface area contributed by atoms with Gasteiger partial charge in [0.05, 0.1) is 0 Å². The lowest BCUT2D eigenvalue weighted by Crippen LogP contribution is -2.57. The molecule has 62 valence electrons. The fraction of sp³-hybridized carbons (Fsp3) is 1.00. The summed E-state index contributed by atoms with van der Waals surface area (Å²) in [5.41, 5.74) is 16.0. The molecule has 0 aromatic rings. The molecule has 0 aromatic carbocycles. The first-order valence-electron chi connectivity index (χ1n) is 3.42. The minimum atomic E-state index is -0.995. The molecule has 10 heavy (non-hydrogen) atoms. The van der Waals surface area contributed by atoms with Crippen LogP contribution in [-0.2, 0) is 4.43 Å². The predicted octanol–water partition coefficient (Wildman–Crippen LogP) is -2.02. The van der Waals surface area contributed by atoms with Crippen molar-refractivity contribution in [1.29, 1.82) is 0 Å². The summed E-state index contributed by atoms with van der Waals surface area (Å²) in [7, 11) is 0.801. The minimum absolute atomic E-state index is 0.651. The third-order valence-electron chi connectivity index (χ3n) is 1.21. The molecule has 5 heteroatoms. The summed E-state index contributed by atoms with van der Waals surface area (Å²) >= 11 is 0. The quantitative estimate of drug-likeness (QED) is 0.248. The maximum absolute atomic E-state index is 5.34. The molecule has 0 saturated carbocycles. The predicted molar refractivity (Wildman–Crippen MR) is 45.0 cm³/mol. The summed E-state index contributed by atoms with van der Waals surface area (Å²) in [6.45, 7) is 0.808. The van der Waals surface area contributed by atoms with Gasteiger partial charge in [0, 0.05) is 6.61 Å². The Morgan fingerprint density at radius 2 is 1.80 bits per heavy atom. The average molecular weight is 163 g/mol. The first-order valence-corrected chi connectivity index (χ1v) is 4.23. The van der Waals surface area contributed by atoms with E-state index in [1.165, 1.54) is 0 Å². The molecule has 0 amide bonds. The van der Waals surface area contributed by atoms with Crippen molar-refractivity contribution in [1.82, 2.24) is 0 Å². The van der Waals surface area contributed by atoms with Crippen molar-refractivity contribution in [2.75, 3.05) is 6.61 Å². The number of hydrogen-bond donors (Lipinski definition) is 3. The lowest BCUT2D eigenvalue weighted by Gasteiger charge is -2.17. The molecule has 0 aromatic heterocycles. The topological polar surface area (TPSA) is 87.3 Å². The normalized spacial score (nSPS) is 12.3. The van der Waals surface area contributed by atoms with Crippen molar-refractivity contribution in [3.05, 3.63) is 0 Å². The van der Waals surface area contributed by atoms with Crippen molar-refractivity contribution >= 4 is 10.5 Å². The van der Waals surface area contributed by atoms with Gasteiger partial charge in [0.25, 0.3) is 0 Å². The van der Waals surface area contributed by atoms with Crippen LogP contribution in [0.1, 0.15) is 19.3 Å². The monoisotopic (exact) mass is 163 g/mol. The van der Waals surface area contributed by atoms with E-state index in [9.17, 15) is 0 Å². The Balaban J connectivity index is 3.04. The van der Waals surface area contributed by atoms with Crippen molar-refractivity contribution in [3.63, 3.8) is 0 Å². The van der Waals surface area contributed by atoms with E-state index in [0.717, 1.165) is 29.9 Å². The molecule has 0 aliphatic heterocycles. The summed E-state index contributed by atoms with van der Waals surface area (Å²) in [4.78, 5) is 0. The van der Waals surface area contributed by atoms with Crippen LogP contribution in [0.2, 0.25) is 0 Å². The second kappa shape index (κ2) is 4.81. The zero-order chi connectivity index (χ0) is 8.04. The van der Waals surface area contributed by atoms with Crippen LogP contribution >= 0.6 is 0 Å². The number of nitrogens with two attached hydrogens (primary N) is 3. The molecule has 0 unspecified atom stereocenters. The fourth-order valence-electron chi connectivity index (χ4n) is 0.678. The van der Waals surface area contributed by atoms with Crippen LogP contribution in [0.4, 0.5) is 0 Å². The van der Waals surface area contributed by atoms with E-state index >= 15 is 0 Å². The van der Waals surface area contributed by atoms with E-state index in [-0.39, 0.29) is 0 Å². The van der Waals surface area contributed by atoms with E-state index in [0.29, 0.717) is 6.42 Å². The molecule has 4 nitrogen and oxygen atoms in total. The van der Waals surface area contributed by atoms with Gasteiger partial charge in [-0.05, 0) is 19.3 Å². The molecule has 0 heterocycles. The van der Waals surface area contributed by atoms with Crippen LogP contribution in [-0.4, -0.2) is 22.9 Å². The second-order valence-electron chi connectivity index (χ2n) is 2.56. The van der Waals surface area contributed by atoms with Crippen molar-refractivity contribution in [3.8, 4) is 0 Å². The largest absolute Gasteiger partial charge is 0.428 e. The highest BCUT2D eigenvalue weighted by atomic mass is 28.2. The third kappa shape index (κ3) is 8.06. The SMILES string of the molecule is NC(N)(N)CCCCO[SiH3]. The van der Waals surface area contributed by atoms with Gasteiger partial charge in [-0.25, -0.2) is 0 Å². The number of hydrogen-bond acceptors (Lipinski definition) is 4. The van der Waals surface area contributed by atoms with Gasteiger partial charge in [0.15, 0.2) is 0 Å². The summed E-state index contributed by atoms with van der Waals surface area (Å²) in [5.74, 6) is -0.995. The van der Waals surface area contributed by atoms with Gasteiger partial charge < -0.3 is 21.6 Å². The van der Waals surface area contributed by atoms with Crippen molar-refractivity contribution < 1.29 is 4.43 Å². The molecule has 0 bridgehead atoms. The molecule has 0 radical (unpaired) electrons. The van der Waals surface area contributed by atoms with Gasteiger partial charge >= 0.3 is 0 Å². The van der Waals surface area contributed by atoms with E-state index in [1.54, 1.807) is 0 Å². The Kier molecular flexibility index (Phi) is 4.84. The van der Waals surface area contributed by atoms with Gasteiger partial charge in [-0.15, -0.1) is 0 Å². The van der Waals surface area contributed by atoms with Gasteiger partial charge in [-0.3, -0.25) is 0 Å². The maximum Gasteiger partial charge on any atom is 0.145 e. The van der Waals surface area contributed by atoms with Crippen LogP contribution < -0.4 is 17.2 Å². The summed E-state index contributed by atoms with van der Waals surface area (Å²) in [6, 6.07) is 0. The number of unbranched alkanes of at least 4 members (excludes halogenated alkanes) is 1. The molecule has 0 spiro atoms. The average Bonchev–Trinajstić information content (AvgIpc) is 1.78. The lowest BCUT2D eigenvalue weighted by atomic mass is 10.2. The second-order valence-corrected chi connectivity index (χ2v) is 3.14. The van der Waals surface area contributed by atoms with Crippen molar-refractivity contribution in [2.45, 2.75) is 25.0 Å². The van der Waals surface area contributed by atoms with E-state index in [4.69, 9.17) is 21.6 Å². The Bertz CT molecular complexity index is 83.5. The van der Waals surface area contributed by atoms with Crippen LogP contribution in [0.3, 0.4) is 0 Å². The van der Waals surface area contributed by atoms with Crippen LogP contribution in [0.25, 0.3) is 0 Å².